The standard InChI is InChI=1S/C40H50N14O4/c1-6-53-31(20-25(3)48-53)37(56)46-39-45-30-22-28(35(41)55)23-33(58-19-11-15-50-18-14-42-27(5)24-50)34(30)51(39)16-8-9-17-52-36-29(12-10-13-43-36)44-40(52)47-38(57)32-21-26(4)49-54(32)7-2/h8-10,12-13,20-23,27,42H,6-7,11,14-19,24H2,1-5H3,(H2,41,55)(H,44,47,57)(H,45,46,56)/b9-8+. The topological polar surface area (TPSA) is 210 Å². The van der Waals surface area contributed by atoms with Crippen molar-refractivity contribution in [3.8, 4) is 5.75 Å². The summed E-state index contributed by atoms with van der Waals surface area (Å²) in [7, 11) is 0. The largest absolute Gasteiger partial charge is 0.491 e. The van der Waals surface area contributed by atoms with E-state index in [1.807, 2.05) is 55.0 Å². The molecule has 6 aromatic rings. The van der Waals surface area contributed by atoms with Gasteiger partial charge in [-0.1, -0.05) is 12.2 Å². The molecule has 1 aliphatic heterocycles. The van der Waals surface area contributed by atoms with Crippen LogP contribution in [0.4, 0.5) is 11.9 Å². The summed E-state index contributed by atoms with van der Waals surface area (Å²) in [6.07, 6.45) is 6.28. The van der Waals surface area contributed by atoms with Crippen LogP contribution < -0.4 is 26.4 Å². The molecule has 5 N–H and O–H groups in total. The number of allylic oxidation sites excluding steroid dienone is 2. The van der Waals surface area contributed by atoms with E-state index >= 15 is 0 Å². The number of anilines is 2. The maximum atomic E-state index is 13.7. The fraction of sp³-hybridized carbons (Fsp3) is 0.400. The molecule has 1 saturated heterocycles. The predicted molar refractivity (Wildman–Crippen MR) is 220 cm³/mol. The number of pyridine rings is 1. The van der Waals surface area contributed by atoms with Gasteiger partial charge < -0.3 is 25.3 Å². The van der Waals surface area contributed by atoms with E-state index in [-0.39, 0.29) is 29.9 Å². The quantitative estimate of drug-likeness (QED) is 0.0820. The summed E-state index contributed by atoms with van der Waals surface area (Å²) in [6.45, 7) is 15.4. The lowest BCUT2D eigenvalue weighted by Crippen LogP contribution is -2.49. The number of nitrogens with one attached hydrogen (secondary N) is 3. The third kappa shape index (κ3) is 8.62. The van der Waals surface area contributed by atoms with E-state index in [1.54, 1.807) is 45.9 Å². The fourth-order valence-corrected chi connectivity index (χ4v) is 7.30. The first-order valence-electron chi connectivity index (χ1n) is 19.6. The number of ether oxygens (including phenoxy) is 1. The number of imidazole rings is 2. The normalized spacial score (nSPS) is 14.8. The minimum atomic E-state index is -0.623. The average molecular weight is 791 g/mol. The molecular weight excluding hydrogens is 741 g/mol. The van der Waals surface area contributed by atoms with E-state index in [1.165, 1.54) is 0 Å². The Balaban J connectivity index is 1.19. The van der Waals surface area contributed by atoms with Gasteiger partial charge in [0.2, 0.25) is 17.8 Å². The van der Waals surface area contributed by atoms with E-state index in [2.05, 4.69) is 47.9 Å². The van der Waals surface area contributed by atoms with Gasteiger partial charge in [-0.05, 0) is 77.4 Å². The number of aromatic nitrogens is 9. The van der Waals surface area contributed by atoms with Gasteiger partial charge in [0.15, 0.2) is 5.65 Å². The third-order valence-corrected chi connectivity index (χ3v) is 9.99. The monoisotopic (exact) mass is 790 g/mol. The summed E-state index contributed by atoms with van der Waals surface area (Å²) < 4.78 is 13.3. The van der Waals surface area contributed by atoms with Crippen molar-refractivity contribution in [2.45, 2.75) is 73.3 Å². The van der Waals surface area contributed by atoms with Crippen molar-refractivity contribution in [2.75, 3.05) is 43.4 Å². The Morgan fingerprint density at radius 2 is 1.55 bits per heavy atom. The fourth-order valence-electron chi connectivity index (χ4n) is 7.30. The van der Waals surface area contributed by atoms with Crippen molar-refractivity contribution in [3.05, 3.63) is 83.1 Å². The molecule has 0 saturated carbocycles. The second kappa shape index (κ2) is 17.4. The second-order valence-electron chi connectivity index (χ2n) is 14.4. The number of amides is 3. The van der Waals surface area contributed by atoms with Gasteiger partial charge in [0.05, 0.1) is 23.5 Å². The van der Waals surface area contributed by atoms with Crippen LogP contribution in [-0.2, 0) is 26.2 Å². The van der Waals surface area contributed by atoms with Crippen LogP contribution in [0.25, 0.3) is 22.2 Å². The average Bonchev–Trinajstić information content (AvgIpc) is 3.97. The lowest BCUT2D eigenvalue weighted by Gasteiger charge is -2.31. The second-order valence-corrected chi connectivity index (χ2v) is 14.4. The molecule has 1 aliphatic rings. The van der Waals surface area contributed by atoms with Crippen LogP contribution in [0.15, 0.2) is 54.7 Å². The zero-order chi connectivity index (χ0) is 40.9. The van der Waals surface area contributed by atoms with Gasteiger partial charge in [0, 0.05) is 70.2 Å². The van der Waals surface area contributed by atoms with Crippen LogP contribution >= 0.6 is 0 Å². The molecular formula is C40H50N14O4. The lowest BCUT2D eigenvalue weighted by molar-refractivity contribution is 0.0994. The van der Waals surface area contributed by atoms with Gasteiger partial charge >= 0.3 is 0 Å². The molecule has 3 amide bonds. The van der Waals surface area contributed by atoms with Gasteiger partial charge in [0.1, 0.15) is 28.2 Å². The predicted octanol–water partition coefficient (Wildman–Crippen LogP) is 3.75. The Hall–Kier alpha value is -6.40. The van der Waals surface area contributed by atoms with Crippen molar-refractivity contribution in [1.82, 2.24) is 53.9 Å². The lowest BCUT2D eigenvalue weighted by atomic mass is 10.1. The Kier molecular flexibility index (Phi) is 11.9. The van der Waals surface area contributed by atoms with Crippen molar-refractivity contribution >= 4 is 51.8 Å². The number of carbonyl (C=O) groups is 3. The third-order valence-electron chi connectivity index (χ3n) is 9.99. The van der Waals surface area contributed by atoms with Crippen LogP contribution in [-0.4, -0.2) is 105 Å². The van der Waals surface area contributed by atoms with Crippen molar-refractivity contribution in [2.24, 2.45) is 5.73 Å². The summed E-state index contributed by atoms with van der Waals surface area (Å²) in [4.78, 5) is 56.1. The van der Waals surface area contributed by atoms with Crippen molar-refractivity contribution < 1.29 is 19.1 Å². The number of piperazine rings is 1. The number of carbonyl (C=O) groups excluding carboxylic acids is 3. The smallest absolute Gasteiger partial charge is 0.276 e. The molecule has 304 valence electrons. The Morgan fingerprint density at radius 1 is 0.914 bits per heavy atom. The van der Waals surface area contributed by atoms with Gasteiger partial charge in [-0.15, -0.1) is 0 Å². The minimum Gasteiger partial charge on any atom is -0.491 e. The summed E-state index contributed by atoms with van der Waals surface area (Å²) in [5.74, 6) is -0.342. The van der Waals surface area contributed by atoms with Crippen molar-refractivity contribution in [3.63, 3.8) is 0 Å². The first-order chi connectivity index (χ1) is 28.0. The van der Waals surface area contributed by atoms with Gasteiger partial charge in [-0.2, -0.15) is 10.2 Å². The van der Waals surface area contributed by atoms with Crippen LogP contribution in [0.2, 0.25) is 0 Å². The van der Waals surface area contributed by atoms with E-state index < -0.39 is 5.91 Å². The number of fused-ring (bicyclic) bond motifs is 2. The molecule has 0 aliphatic carbocycles. The molecule has 0 bridgehead atoms. The molecule has 1 fully saturated rings. The van der Waals surface area contributed by atoms with Crippen LogP contribution in [0.3, 0.4) is 0 Å². The maximum Gasteiger partial charge on any atom is 0.276 e. The number of hydrogen-bond acceptors (Lipinski definition) is 11. The zero-order valence-corrected chi connectivity index (χ0v) is 33.5. The number of aryl methyl sites for hydroxylation is 4. The van der Waals surface area contributed by atoms with Crippen LogP contribution in [0, 0.1) is 13.8 Å². The van der Waals surface area contributed by atoms with Gasteiger partial charge in [0.25, 0.3) is 11.8 Å². The van der Waals surface area contributed by atoms with Gasteiger partial charge in [-0.3, -0.25) is 38.9 Å². The SMILES string of the molecule is CCn1nc(C)cc1C(=O)Nc1nc2cccnc2n1C/C=C/Cn1c(NC(=O)c2cc(C)nn2CC)nc2cc(C(N)=O)cc(OCCCN3CCNC(C)C3)c21. The molecule has 1 aromatic carbocycles. The molecule has 0 radical (unpaired) electrons. The first kappa shape index (κ1) is 39.8. The molecule has 1 unspecified atom stereocenters. The van der Waals surface area contributed by atoms with E-state index in [0.29, 0.717) is 83.3 Å². The summed E-state index contributed by atoms with van der Waals surface area (Å²) in [6, 6.07) is 10.8. The maximum absolute atomic E-state index is 13.7. The van der Waals surface area contributed by atoms with E-state index in [0.717, 1.165) is 38.3 Å². The summed E-state index contributed by atoms with van der Waals surface area (Å²) in [5, 5.41) is 18.3. The van der Waals surface area contributed by atoms with Crippen LogP contribution in [0.1, 0.15) is 69.9 Å². The summed E-state index contributed by atoms with van der Waals surface area (Å²) >= 11 is 0. The number of benzene rings is 1. The highest BCUT2D eigenvalue weighted by molar-refractivity contribution is 6.04. The molecule has 18 nitrogen and oxygen atoms in total. The van der Waals surface area contributed by atoms with Gasteiger partial charge in [-0.25, -0.2) is 15.0 Å². The summed E-state index contributed by atoms with van der Waals surface area (Å²) in [5.41, 5.74) is 10.5. The Labute approximate surface area is 335 Å². The molecule has 5 aromatic heterocycles. The molecule has 7 rings (SSSR count). The van der Waals surface area contributed by atoms with E-state index in [4.69, 9.17) is 15.5 Å². The van der Waals surface area contributed by atoms with Crippen molar-refractivity contribution in [1.29, 1.82) is 0 Å². The molecule has 0 spiro atoms. The number of nitrogens with two attached hydrogens (primary N) is 1. The number of hydrogen-bond donors (Lipinski definition) is 4. The molecule has 58 heavy (non-hydrogen) atoms. The van der Waals surface area contributed by atoms with Crippen LogP contribution in [0.5, 0.6) is 5.75 Å². The molecule has 1 atom stereocenters. The highest BCUT2D eigenvalue weighted by atomic mass is 16.5. The zero-order valence-electron chi connectivity index (χ0n) is 33.5. The molecule has 18 heteroatoms. The highest BCUT2D eigenvalue weighted by Gasteiger charge is 2.23. The first-order valence-corrected chi connectivity index (χ1v) is 19.6. The Bertz CT molecular complexity index is 2490. The number of nitrogens with zero attached hydrogens (tertiary/aromatic N) is 10. The minimum absolute atomic E-state index is 0.238. The highest BCUT2D eigenvalue weighted by Crippen LogP contribution is 2.32. The number of rotatable bonds is 16. The molecule has 6 heterocycles. The van der Waals surface area contributed by atoms with E-state index in [9.17, 15) is 14.4 Å². The number of primary amides is 1. The Morgan fingerprint density at radius 3 is 2.19 bits per heavy atom.